The van der Waals surface area contributed by atoms with Gasteiger partial charge >= 0.3 is 6.18 Å². The molecule has 1 fully saturated rings. The van der Waals surface area contributed by atoms with Crippen molar-refractivity contribution in [3.05, 3.63) is 30.1 Å². The maximum absolute atomic E-state index is 13.2. The number of halogens is 3. The number of amides is 1. The SMILES string of the molecule is CN1CCC(CCC(=O)N[C@@H](c2cccnc2)C(F)(F)F)CC1. The van der Waals surface area contributed by atoms with Crippen molar-refractivity contribution in [3.8, 4) is 0 Å². The number of rotatable bonds is 5. The Bertz CT molecular complexity index is 499. The highest BCUT2D eigenvalue weighted by Gasteiger charge is 2.42. The molecule has 2 heterocycles. The quantitative estimate of drug-likeness (QED) is 0.903. The van der Waals surface area contributed by atoms with E-state index in [1.807, 2.05) is 7.05 Å². The maximum Gasteiger partial charge on any atom is 0.412 e. The third-order valence-corrected chi connectivity index (χ3v) is 4.27. The minimum atomic E-state index is -4.54. The first kappa shape index (κ1) is 17.7. The molecule has 23 heavy (non-hydrogen) atoms. The maximum atomic E-state index is 13.2. The molecule has 1 aliphatic heterocycles. The van der Waals surface area contributed by atoms with Crippen LogP contribution < -0.4 is 5.32 Å². The first-order valence-corrected chi connectivity index (χ1v) is 7.81. The van der Waals surface area contributed by atoms with Crippen LogP contribution in [0, 0.1) is 5.92 Å². The Balaban J connectivity index is 1.88. The second-order valence-corrected chi connectivity index (χ2v) is 6.11. The van der Waals surface area contributed by atoms with Gasteiger partial charge < -0.3 is 10.2 Å². The Morgan fingerprint density at radius 1 is 1.43 bits per heavy atom. The van der Waals surface area contributed by atoms with E-state index < -0.39 is 18.1 Å². The molecular formula is C16H22F3N3O. The molecule has 2 rings (SSSR count). The van der Waals surface area contributed by atoms with E-state index in [9.17, 15) is 18.0 Å². The molecule has 0 spiro atoms. The van der Waals surface area contributed by atoms with Gasteiger partial charge in [0, 0.05) is 24.4 Å². The average Bonchev–Trinajstić information content (AvgIpc) is 2.52. The molecule has 1 N–H and O–H groups in total. The number of hydrogen-bond donors (Lipinski definition) is 1. The summed E-state index contributed by atoms with van der Waals surface area (Å²) in [6.07, 6.45) is 0.753. The summed E-state index contributed by atoms with van der Waals surface area (Å²) in [5, 5.41) is 2.11. The van der Waals surface area contributed by atoms with Gasteiger partial charge in [0.05, 0.1) is 0 Å². The Kier molecular flexibility index (Phi) is 5.98. The molecule has 0 radical (unpaired) electrons. The summed E-state index contributed by atoms with van der Waals surface area (Å²) >= 11 is 0. The van der Waals surface area contributed by atoms with E-state index in [4.69, 9.17) is 0 Å². The van der Waals surface area contributed by atoms with Gasteiger partial charge in [0.2, 0.25) is 5.91 Å². The number of nitrogens with zero attached hydrogens (tertiary/aromatic N) is 2. The lowest BCUT2D eigenvalue weighted by Crippen LogP contribution is -2.38. The zero-order chi connectivity index (χ0) is 16.9. The topological polar surface area (TPSA) is 45.2 Å². The van der Waals surface area contributed by atoms with Crippen LogP contribution in [0.1, 0.15) is 37.3 Å². The van der Waals surface area contributed by atoms with Crippen molar-refractivity contribution in [2.24, 2.45) is 5.92 Å². The van der Waals surface area contributed by atoms with E-state index in [2.05, 4.69) is 15.2 Å². The molecule has 1 atom stereocenters. The summed E-state index contributed by atoms with van der Waals surface area (Å²) < 4.78 is 39.5. The van der Waals surface area contributed by atoms with Crippen LogP contribution in [-0.2, 0) is 4.79 Å². The van der Waals surface area contributed by atoms with Crippen LogP contribution in [0.4, 0.5) is 13.2 Å². The number of piperidine rings is 1. The van der Waals surface area contributed by atoms with Gasteiger partial charge in [-0.1, -0.05) is 6.07 Å². The van der Waals surface area contributed by atoms with Crippen molar-refractivity contribution >= 4 is 5.91 Å². The highest BCUT2D eigenvalue weighted by molar-refractivity contribution is 5.76. The molecule has 128 valence electrons. The van der Waals surface area contributed by atoms with Crippen LogP contribution in [0.5, 0.6) is 0 Å². The Morgan fingerprint density at radius 2 is 2.13 bits per heavy atom. The molecule has 0 aromatic carbocycles. The van der Waals surface area contributed by atoms with Crippen LogP contribution >= 0.6 is 0 Å². The minimum absolute atomic E-state index is 0.0485. The first-order chi connectivity index (χ1) is 10.9. The number of carbonyl (C=O) groups is 1. The lowest BCUT2D eigenvalue weighted by Gasteiger charge is -2.29. The fourth-order valence-electron chi connectivity index (χ4n) is 2.82. The summed E-state index contributed by atoms with van der Waals surface area (Å²) in [6, 6.07) is 0.752. The molecule has 0 bridgehead atoms. The summed E-state index contributed by atoms with van der Waals surface area (Å²) in [7, 11) is 2.05. The van der Waals surface area contributed by atoms with Gasteiger partial charge in [0.25, 0.3) is 0 Å². The highest BCUT2D eigenvalue weighted by Crippen LogP contribution is 2.32. The fraction of sp³-hybridized carbons (Fsp3) is 0.625. The van der Waals surface area contributed by atoms with E-state index in [-0.39, 0.29) is 12.0 Å². The molecule has 0 unspecified atom stereocenters. The smallest absolute Gasteiger partial charge is 0.341 e. The summed E-state index contributed by atoms with van der Waals surface area (Å²) in [5.74, 6) is -0.144. The Labute approximate surface area is 134 Å². The van der Waals surface area contributed by atoms with E-state index in [0.717, 1.165) is 32.1 Å². The highest BCUT2D eigenvalue weighted by atomic mass is 19.4. The van der Waals surface area contributed by atoms with Gasteiger partial charge in [-0.25, -0.2) is 0 Å². The van der Waals surface area contributed by atoms with Crippen molar-refractivity contribution in [1.29, 1.82) is 0 Å². The van der Waals surface area contributed by atoms with Crippen molar-refractivity contribution in [1.82, 2.24) is 15.2 Å². The van der Waals surface area contributed by atoms with Crippen LogP contribution in [0.2, 0.25) is 0 Å². The predicted octanol–water partition coefficient (Wildman–Crippen LogP) is 2.92. The predicted molar refractivity (Wildman–Crippen MR) is 80.6 cm³/mol. The van der Waals surface area contributed by atoms with E-state index >= 15 is 0 Å². The van der Waals surface area contributed by atoms with Gasteiger partial charge in [-0.2, -0.15) is 13.2 Å². The normalized spacial score (nSPS) is 18.6. The van der Waals surface area contributed by atoms with E-state index in [1.165, 1.54) is 18.3 Å². The molecule has 7 heteroatoms. The molecule has 1 aliphatic rings. The minimum Gasteiger partial charge on any atom is -0.341 e. The van der Waals surface area contributed by atoms with Gasteiger partial charge in [-0.3, -0.25) is 9.78 Å². The van der Waals surface area contributed by atoms with Crippen LogP contribution in [-0.4, -0.2) is 42.1 Å². The second kappa shape index (κ2) is 7.77. The van der Waals surface area contributed by atoms with Crippen molar-refractivity contribution in [2.45, 2.75) is 37.9 Å². The zero-order valence-electron chi connectivity index (χ0n) is 13.1. The van der Waals surface area contributed by atoms with Gasteiger partial charge in [-0.05, 0) is 51.4 Å². The summed E-state index contributed by atoms with van der Waals surface area (Å²) in [4.78, 5) is 17.9. The third-order valence-electron chi connectivity index (χ3n) is 4.27. The summed E-state index contributed by atoms with van der Waals surface area (Å²) in [5.41, 5.74) is -0.0485. The number of likely N-dealkylation sites (tertiary alicyclic amines) is 1. The largest absolute Gasteiger partial charge is 0.412 e. The number of alkyl halides is 3. The Morgan fingerprint density at radius 3 is 2.70 bits per heavy atom. The van der Waals surface area contributed by atoms with E-state index in [0.29, 0.717) is 12.3 Å². The molecule has 0 aliphatic carbocycles. The lowest BCUT2D eigenvalue weighted by atomic mass is 9.92. The van der Waals surface area contributed by atoms with Crippen LogP contribution in [0.25, 0.3) is 0 Å². The summed E-state index contributed by atoms with van der Waals surface area (Å²) in [6.45, 7) is 1.96. The molecule has 0 saturated carbocycles. The average molecular weight is 329 g/mol. The van der Waals surface area contributed by atoms with Crippen molar-refractivity contribution < 1.29 is 18.0 Å². The molecule has 1 amide bonds. The van der Waals surface area contributed by atoms with Crippen LogP contribution in [0.3, 0.4) is 0 Å². The van der Waals surface area contributed by atoms with Gasteiger partial charge in [0.1, 0.15) is 0 Å². The number of hydrogen-bond acceptors (Lipinski definition) is 3. The number of carbonyl (C=O) groups excluding carboxylic acids is 1. The first-order valence-electron chi connectivity index (χ1n) is 7.81. The number of nitrogens with one attached hydrogen (secondary N) is 1. The molecule has 1 aromatic rings. The lowest BCUT2D eigenvalue weighted by molar-refractivity contribution is -0.163. The molecule has 4 nitrogen and oxygen atoms in total. The van der Waals surface area contributed by atoms with E-state index in [1.54, 1.807) is 0 Å². The van der Waals surface area contributed by atoms with Crippen molar-refractivity contribution in [3.63, 3.8) is 0 Å². The molecule has 1 saturated heterocycles. The zero-order valence-corrected chi connectivity index (χ0v) is 13.1. The van der Waals surface area contributed by atoms with Gasteiger partial charge in [-0.15, -0.1) is 0 Å². The molecule has 1 aromatic heterocycles. The second-order valence-electron chi connectivity index (χ2n) is 6.11. The number of aromatic nitrogens is 1. The fourth-order valence-corrected chi connectivity index (χ4v) is 2.82. The monoisotopic (exact) mass is 329 g/mol. The van der Waals surface area contributed by atoms with Crippen LogP contribution in [0.15, 0.2) is 24.5 Å². The molecular weight excluding hydrogens is 307 g/mol. The van der Waals surface area contributed by atoms with Gasteiger partial charge in [0.15, 0.2) is 6.04 Å². The standard InChI is InChI=1S/C16H22F3N3O/c1-22-9-6-12(7-10-22)4-5-14(23)21-15(16(17,18)19)13-3-2-8-20-11-13/h2-3,8,11-12,15H,4-7,9-10H2,1H3,(H,21,23)/t15-/m0/s1. The number of pyridine rings is 1. The third kappa shape index (κ3) is 5.49. The Hall–Kier alpha value is -1.63. The van der Waals surface area contributed by atoms with Crippen molar-refractivity contribution in [2.75, 3.05) is 20.1 Å².